The van der Waals surface area contributed by atoms with E-state index in [1.807, 2.05) is 30.3 Å². The first-order chi connectivity index (χ1) is 14.8. The molecule has 0 aliphatic heterocycles. The van der Waals surface area contributed by atoms with Crippen molar-refractivity contribution in [3.63, 3.8) is 0 Å². The molecular weight excluding hydrogens is 424 g/mol. The molecule has 1 aliphatic carbocycles. The maximum absolute atomic E-state index is 13.3. The monoisotopic (exact) mass is 443 g/mol. The second-order valence-electron chi connectivity index (χ2n) is 7.46. The maximum atomic E-state index is 13.3. The normalized spacial score (nSPS) is 14.6. The molecule has 3 aromatic rings. The fraction of sp³-hybridized carbons (Fsp3) is 0.182. The molecule has 0 saturated heterocycles. The van der Waals surface area contributed by atoms with Gasteiger partial charge in [-0.15, -0.1) is 0 Å². The Kier molecular flexibility index (Phi) is 5.45. The van der Waals surface area contributed by atoms with Gasteiger partial charge in [0.15, 0.2) is 11.6 Å². The van der Waals surface area contributed by atoms with Crippen LogP contribution in [0.2, 0.25) is 0 Å². The lowest BCUT2D eigenvalue weighted by molar-refractivity contribution is 0.102. The zero-order chi connectivity index (χ0) is 22.1. The van der Waals surface area contributed by atoms with Gasteiger partial charge in [-0.1, -0.05) is 30.3 Å². The molecule has 0 bridgehead atoms. The van der Waals surface area contributed by atoms with Crippen molar-refractivity contribution in [2.75, 3.05) is 10.0 Å². The molecule has 1 saturated carbocycles. The fourth-order valence-electron chi connectivity index (χ4n) is 3.30. The number of hydrogen-bond acceptors (Lipinski definition) is 4. The van der Waals surface area contributed by atoms with Crippen LogP contribution in [0, 0.1) is 11.6 Å². The van der Waals surface area contributed by atoms with Crippen molar-refractivity contribution in [3.05, 3.63) is 89.6 Å². The zero-order valence-corrected chi connectivity index (χ0v) is 17.1. The lowest BCUT2D eigenvalue weighted by atomic mass is 10.1. The number of pyridine rings is 1. The highest BCUT2D eigenvalue weighted by molar-refractivity contribution is 7.94. The number of nitrogens with one attached hydrogen (secondary N) is 2. The summed E-state index contributed by atoms with van der Waals surface area (Å²) in [7, 11) is -3.75. The van der Waals surface area contributed by atoms with E-state index in [2.05, 4.69) is 15.0 Å². The number of nitrogens with zero attached hydrogens (tertiary/aromatic N) is 1. The van der Waals surface area contributed by atoms with Crippen molar-refractivity contribution in [3.8, 4) is 0 Å². The Labute approximate surface area is 178 Å². The Bertz CT molecular complexity index is 1230. The van der Waals surface area contributed by atoms with Gasteiger partial charge in [0.2, 0.25) is 10.0 Å². The molecule has 2 N–H and O–H groups in total. The summed E-state index contributed by atoms with van der Waals surface area (Å²) in [5.41, 5.74) is 1.12. The van der Waals surface area contributed by atoms with Crippen molar-refractivity contribution in [1.29, 1.82) is 0 Å². The van der Waals surface area contributed by atoms with Crippen LogP contribution in [-0.2, 0) is 16.4 Å². The van der Waals surface area contributed by atoms with E-state index in [-0.39, 0.29) is 17.1 Å². The predicted octanol–water partition coefficient (Wildman–Crippen LogP) is 4.13. The summed E-state index contributed by atoms with van der Waals surface area (Å²) in [5, 5.41) is 2.44. The van der Waals surface area contributed by atoms with Crippen LogP contribution in [0.5, 0.6) is 0 Å². The second-order valence-corrected chi connectivity index (χ2v) is 9.54. The van der Waals surface area contributed by atoms with Gasteiger partial charge in [0, 0.05) is 23.5 Å². The van der Waals surface area contributed by atoms with Crippen LogP contribution < -0.4 is 10.0 Å². The Balaban J connectivity index is 1.49. The van der Waals surface area contributed by atoms with Crippen molar-refractivity contribution in [2.45, 2.75) is 24.0 Å². The SMILES string of the molecule is O=C(Nc1ccc(F)c(F)c1)c1ccnc(NS(=O)(=O)C2(Cc3ccccc3)CC2)c1. The summed E-state index contributed by atoms with van der Waals surface area (Å²) >= 11 is 0. The van der Waals surface area contributed by atoms with Crippen LogP contribution in [0.25, 0.3) is 0 Å². The number of hydrogen-bond donors (Lipinski definition) is 2. The summed E-state index contributed by atoms with van der Waals surface area (Å²) in [5.74, 6) is -2.71. The minimum Gasteiger partial charge on any atom is -0.322 e. The van der Waals surface area contributed by atoms with E-state index in [9.17, 15) is 22.0 Å². The van der Waals surface area contributed by atoms with Crippen LogP contribution in [0.15, 0.2) is 66.9 Å². The summed E-state index contributed by atoms with van der Waals surface area (Å²) in [6.07, 6.45) is 2.76. The molecule has 0 unspecified atom stereocenters. The first-order valence-electron chi connectivity index (χ1n) is 9.57. The smallest absolute Gasteiger partial charge is 0.255 e. The second kappa shape index (κ2) is 8.07. The largest absolute Gasteiger partial charge is 0.322 e. The summed E-state index contributed by atoms with van der Waals surface area (Å²) in [4.78, 5) is 16.5. The summed E-state index contributed by atoms with van der Waals surface area (Å²) in [6.45, 7) is 0. The first kappa shape index (κ1) is 20.9. The summed E-state index contributed by atoms with van der Waals surface area (Å²) in [6, 6.07) is 15.0. The molecule has 0 atom stereocenters. The van der Waals surface area contributed by atoms with Crippen molar-refractivity contribution in [1.82, 2.24) is 4.98 Å². The van der Waals surface area contributed by atoms with Crippen LogP contribution in [-0.4, -0.2) is 24.1 Å². The zero-order valence-electron chi connectivity index (χ0n) is 16.3. The molecule has 9 heteroatoms. The van der Waals surface area contributed by atoms with E-state index >= 15 is 0 Å². The average Bonchev–Trinajstić information content (AvgIpc) is 3.53. The number of rotatable bonds is 7. The maximum Gasteiger partial charge on any atom is 0.255 e. The molecule has 1 aromatic heterocycles. The third-order valence-electron chi connectivity index (χ3n) is 5.19. The quantitative estimate of drug-likeness (QED) is 0.575. The Morgan fingerprint density at radius 2 is 1.74 bits per heavy atom. The highest BCUT2D eigenvalue weighted by Crippen LogP contribution is 2.46. The van der Waals surface area contributed by atoms with Crippen molar-refractivity contribution >= 4 is 27.4 Å². The molecule has 160 valence electrons. The number of benzene rings is 2. The molecule has 2 aromatic carbocycles. The molecule has 31 heavy (non-hydrogen) atoms. The molecule has 6 nitrogen and oxygen atoms in total. The Hall–Kier alpha value is -3.33. The third-order valence-corrected chi connectivity index (χ3v) is 7.36. The van der Waals surface area contributed by atoms with Crippen LogP contribution in [0.3, 0.4) is 0 Å². The average molecular weight is 443 g/mol. The predicted molar refractivity (Wildman–Crippen MR) is 113 cm³/mol. The van der Waals surface area contributed by atoms with E-state index in [0.717, 1.165) is 17.7 Å². The fourth-order valence-corrected chi connectivity index (χ4v) is 4.90. The molecule has 1 fully saturated rings. The Morgan fingerprint density at radius 3 is 2.42 bits per heavy atom. The van der Waals surface area contributed by atoms with Gasteiger partial charge in [-0.3, -0.25) is 9.52 Å². The number of carbonyl (C=O) groups excluding carboxylic acids is 1. The number of amides is 1. The molecule has 0 spiro atoms. The van der Waals surface area contributed by atoms with Gasteiger partial charge in [0.05, 0.1) is 4.75 Å². The molecule has 1 heterocycles. The Morgan fingerprint density at radius 1 is 1.00 bits per heavy atom. The van der Waals surface area contributed by atoms with E-state index in [1.54, 1.807) is 0 Å². The number of aromatic nitrogens is 1. The van der Waals surface area contributed by atoms with Crippen LogP contribution >= 0.6 is 0 Å². The lowest BCUT2D eigenvalue weighted by Crippen LogP contribution is -2.32. The molecule has 1 amide bonds. The first-order valence-corrected chi connectivity index (χ1v) is 11.1. The van der Waals surface area contributed by atoms with Gasteiger partial charge in [0.1, 0.15) is 5.82 Å². The minimum atomic E-state index is -3.75. The van der Waals surface area contributed by atoms with E-state index in [0.29, 0.717) is 19.3 Å². The highest BCUT2D eigenvalue weighted by Gasteiger charge is 2.54. The van der Waals surface area contributed by atoms with Gasteiger partial charge in [-0.05, 0) is 49.1 Å². The molecule has 1 aliphatic rings. The standard InChI is InChI=1S/C22H19F2N3O3S/c23-18-7-6-17(13-19(18)24)26-21(28)16-8-11-25-20(12-16)27-31(29,30)22(9-10-22)14-15-4-2-1-3-5-15/h1-8,11-13H,9-10,14H2,(H,25,27)(H,26,28). The number of halogens is 2. The molecule has 0 radical (unpaired) electrons. The number of anilines is 2. The third kappa shape index (κ3) is 4.56. The van der Waals surface area contributed by atoms with Crippen molar-refractivity contribution in [2.24, 2.45) is 0 Å². The van der Waals surface area contributed by atoms with Crippen LogP contribution in [0.1, 0.15) is 28.8 Å². The number of sulfonamides is 1. The van der Waals surface area contributed by atoms with E-state index in [4.69, 9.17) is 0 Å². The number of carbonyl (C=O) groups is 1. The lowest BCUT2D eigenvalue weighted by Gasteiger charge is -2.18. The topological polar surface area (TPSA) is 88.2 Å². The van der Waals surface area contributed by atoms with Crippen LogP contribution in [0.4, 0.5) is 20.3 Å². The van der Waals surface area contributed by atoms with Gasteiger partial charge in [-0.2, -0.15) is 0 Å². The summed E-state index contributed by atoms with van der Waals surface area (Å²) < 4.78 is 54.0. The van der Waals surface area contributed by atoms with E-state index < -0.39 is 32.3 Å². The van der Waals surface area contributed by atoms with Gasteiger partial charge >= 0.3 is 0 Å². The molecular formula is C22H19F2N3O3S. The van der Waals surface area contributed by atoms with Gasteiger partial charge < -0.3 is 5.32 Å². The van der Waals surface area contributed by atoms with E-state index in [1.165, 1.54) is 24.4 Å². The minimum absolute atomic E-state index is 0.0114. The van der Waals surface area contributed by atoms with Gasteiger partial charge in [0.25, 0.3) is 5.91 Å². The van der Waals surface area contributed by atoms with Gasteiger partial charge in [-0.25, -0.2) is 22.2 Å². The van der Waals surface area contributed by atoms with Crippen molar-refractivity contribution < 1.29 is 22.0 Å². The molecule has 4 rings (SSSR count). The highest BCUT2D eigenvalue weighted by atomic mass is 32.2.